The molecule has 0 spiro atoms. The third-order valence-corrected chi connectivity index (χ3v) is 5.69. The van der Waals surface area contributed by atoms with Crippen molar-refractivity contribution in [3.8, 4) is 22.8 Å². The van der Waals surface area contributed by atoms with Gasteiger partial charge in [-0.15, -0.1) is 12.4 Å². The maximum atomic E-state index is 5.51. The van der Waals surface area contributed by atoms with Crippen LogP contribution in [0.15, 0.2) is 24.4 Å². The standard InChI is InChI=1S/C19H25N5O2.ClH/c1-2-17-18(26-13-25-17)9-14(1)19-15(10-21-22-19)11-23-6-3-16(12-23)24-7-4-20-5-8-24;/h1-2,9-10,16,20H,3-8,11-13H2,(H,21,22);1H. The van der Waals surface area contributed by atoms with Gasteiger partial charge in [-0.1, -0.05) is 0 Å². The van der Waals surface area contributed by atoms with Crippen molar-refractivity contribution in [1.82, 2.24) is 25.3 Å². The van der Waals surface area contributed by atoms with Crippen molar-refractivity contribution < 1.29 is 9.47 Å². The zero-order valence-electron chi connectivity index (χ0n) is 15.3. The van der Waals surface area contributed by atoms with Crippen molar-refractivity contribution in [2.75, 3.05) is 46.1 Å². The molecule has 1 unspecified atom stereocenters. The summed E-state index contributed by atoms with van der Waals surface area (Å²) in [5, 5.41) is 10.9. The first-order valence-electron chi connectivity index (χ1n) is 9.46. The molecule has 0 aliphatic carbocycles. The summed E-state index contributed by atoms with van der Waals surface area (Å²) in [6.07, 6.45) is 3.22. The minimum absolute atomic E-state index is 0. The van der Waals surface area contributed by atoms with Gasteiger partial charge in [-0.25, -0.2) is 0 Å². The Bertz CT molecular complexity index is 777. The first-order valence-corrected chi connectivity index (χ1v) is 9.46. The summed E-state index contributed by atoms with van der Waals surface area (Å²) in [5.74, 6) is 1.62. The Balaban J connectivity index is 0.00000180. The van der Waals surface area contributed by atoms with E-state index in [0.717, 1.165) is 55.5 Å². The number of likely N-dealkylation sites (tertiary alicyclic amines) is 1. The van der Waals surface area contributed by atoms with Gasteiger partial charge in [0.1, 0.15) is 0 Å². The average molecular weight is 392 g/mol. The molecular formula is C19H26ClN5O2. The Kier molecular flexibility index (Phi) is 5.54. The molecule has 27 heavy (non-hydrogen) atoms. The van der Waals surface area contributed by atoms with E-state index in [4.69, 9.17) is 9.47 Å². The number of aromatic amines is 1. The Morgan fingerprint density at radius 1 is 1.11 bits per heavy atom. The molecule has 1 atom stereocenters. The number of benzene rings is 1. The number of aromatic nitrogens is 2. The van der Waals surface area contributed by atoms with Crippen molar-refractivity contribution in [1.29, 1.82) is 0 Å². The number of hydrogen-bond donors (Lipinski definition) is 2. The second-order valence-corrected chi connectivity index (χ2v) is 7.30. The Hall–Kier alpha value is -1.80. The van der Waals surface area contributed by atoms with Crippen molar-refractivity contribution >= 4 is 12.4 Å². The largest absolute Gasteiger partial charge is 0.454 e. The van der Waals surface area contributed by atoms with E-state index >= 15 is 0 Å². The number of ether oxygens (including phenoxy) is 2. The van der Waals surface area contributed by atoms with E-state index in [-0.39, 0.29) is 12.4 Å². The monoisotopic (exact) mass is 391 g/mol. The summed E-state index contributed by atoms with van der Waals surface area (Å²) in [4.78, 5) is 5.19. The van der Waals surface area contributed by atoms with Crippen LogP contribution in [0.4, 0.5) is 0 Å². The average Bonchev–Trinajstić information content (AvgIpc) is 3.43. The lowest BCUT2D eigenvalue weighted by molar-refractivity contribution is 0.170. The van der Waals surface area contributed by atoms with Crippen molar-refractivity contribution in [3.05, 3.63) is 30.0 Å². The third-order valence-electron chi connectivity index (χ3n) is 5.69. The molecule has 8 heteroatoms. The topological polar surface area (TPSA) is 65.7 Å². The lowest BCUT2D eigenvalue weighted by Crippen LogP contribution is -2.49. The van der Waals surface area contributed by atoms with E-state index in [1.807, 2.05) is 18.3 Å². The Labute approximate surface area is 165 Å². The lowest BCUT2D eigenvalue weighted by atomic mass is 10.1. The lowest BCUT2D eigenvalue weighted by Gasteiger charge is -2.32. The van der Waals surface area contributed by atoms with Gasteiger partial charge in [-0.05, 0) is 24.6 Å². The van der Waals surface area contributed by atoms with Gasteiger partial charge < -0.3 is 14.8 Å². The fraction of sp³-hybridized carbons (Fsp3) is 0.526. The minimum Gasteiger partial charge on any atom is -0.454 e. The van der Waals surface area contributed by atoms with Crippen LogP contribution >= 0.6 is 12.4 Å². The summed E-state index contributed by atoms with van der Waals surface area (Å²) in [7, 11) is 0. The normalized spacial score (nSPS) is 22.7. The molecule has 2 saturated heterocycles. The molecule has 7 nitrogen and oxygen atoms in total. The minimum atomic E-state index is 0. The molecule has 146 valence electrons. The molecular weight excluding hydrogens is 366 g/mol. The first-order chi connectivity index (χ1) is 12.9. The number of halogens is 1. The molecule has 4 heterocycles. The molecule has 3 aliphatic heterocycles. The SMILES string of the molecule is Cl.c1cc2c(cc1-c1[nH]ncc1CN1CCC(N3CCNCC3)C1)OCO2. The number of piperazine rings is 1. The van der Waals surface area contributed by atoms with Gasteiger partial charge in [-0.3, -0.25) is 14.9 Å². The predicted molar refractivity (Wildman–Crippen MR) is 106 cm³/mol. The van der Waals surface area contributed by atoms with Crippen LogP contribution < -0.4 is 14.8 Å². The fourth-order valence-electron chi connectivity index (χ4n) is 4.28. The number of nitrogens with one attached hydrogen (secondary N) is 2. The molecule has 1 aromatic heterocycles. The Morgan fingerprint density at radius 2 is 1.96 bits per heavy atom. The maximum Gasteiger partial charge on any atom is 0.231 e. The molecule has 0 bridgehead atoms. The number of H-pyrrole nitrogens is 1. The highest BCUT2D eigenvalue weighted by Gasteiger charge is 2.29. The van der Waals surface area contributed by atoms with Gasteiger partial charge in [-0.2, -0.15) is 5.10 Å². The fourth-order valence-corrected chi connectivity index (χ4v) is 4.28. The number of nitrogens with zero attached hydrogens (tertiary/aromatic N) is 3. The van der Waals surface area contributed by atoms with Crippen LogP contribution in [0.5, 0.6) is 11.5 Å². The zero-order valence-corrected chi connectivity index (χ0v) is 16.1. The van der Waals surface area contributed by atoms with E-state index in [1.54, 1.807) is 0 Å². The van der Waals surface area contributed by atoms with E-state index < -0.39 is 0 Å². The van der Waals surface area contributed by atoms with Crippen molar-refractivity contribution in [2.45, 2.75) is 19.0 Å². The highest BCUT2D eigenvalue weighted by atomic mass is 35.5. The summed E-state index contributed by atoms with van der Waals surface area (Å²) < 4.78 is 10.9. The van der Waals surface area contributed by atoms with Gasteiger partial charge in [0, 0.05) is 63.0 Å². The van der Waals surface area contributed by atoms with Gasteiger partial charge in [0.2, 0.25) is 6.79 Å². The van der Waals surface area contributed by atoms with Gasteiger partial charge >= 0.3 is 0 Å². The second kappa shape index (κ2) is 8.06. The van der Waals surface area contributed by atoms with E-state index in [0.29, 0.717) is 12.8 Å². The summed E-state index contributed by atoms with van der Waals surface area (Å²) in [6.45, 7) is 8.11. The van der Waals surface area contributed by atoms with Gasteiger partial charge in [0.15, 0.2) is 11.5 Å². The molecule has 1 aromatic carbocycles. The third kappa shape index (κ3) is 3.78. The molecule has 2 fully saturated rings. The summed E-state index contributed by atoms with van der Waals surface area (Å²) >= 11 is 0. The number of hydrogen-bond acceptors (Lipinski definition) is 6. The van der Waals surface area contributed by atoms with Crippen LogP contribution in [0.25, 0.3) is 11.3 Å². The van der Waals surface area contributed by atoms with E-state index in [9.17, 15) is 0 Å². The van der Waals surface area contributed by atoms with Crippen LogP contribution in [0.3, 0.4) is 0 Å². The van der Waals surface area contributed by atoms with Crippen molar-refractivity contribution in [3.63, 3.8) is 0 Å². The van der Waals surface area contributed by atoms with E-state index in [2.05, 4.69) is 31.4 Å². The Morgan fingerprint density at radius 3 is 2.85 bits per heavy atom. The van der Waals surface area contributed by atoms with Crippen LogP contribution in [0, 0.1) is 0 Å². The van der Waals surface area contributed by atoms with Crippen LogP contribution in [-0.2, 0) is 6.54 Å². The molecule has 2 aromatic rings. The van der Waals surface area contributed by atoms with Crippen LogP contribution in [-0.4, -0.2) is 72.1 Å². The highest BCUT2D eigenvalue weighted by molar-refractivity contribution is 5.85. The van der Waals surface area contributed by atoms with E-state index in [1.165, 1.54) is 25.1 Å². The smallest absolute Gasteiger partial charge is 0.231 e. The molecule has 0 radical (unpaired) electrons. The first kappa shape index (κ1) is 18.6. The summed E-state index contributed by atoms with van der Waals surface area (Å²) in [6, 6.07) is 6.77. The highest BCUT2D eigenvalue weighted by Crippen LogP contribution is 2.36. The van der Waals surface area contributed by atoms with Gasteiger partial charge in [0.05, 0.1) is 11.9 Å². The zero-order chi connectivity index (χ0) is 17.3. The molecule has 0 saturated carbocycles. The molecule has 2 N–H and O–H groups in total. The van der Waals surface area contributed by atoms with Crippen LogP contribution in [0.1, 0.15) is 12.0 Å². The van der Waals surface area contributed by atoms with Crippen LogP contribution in [0.2, 0.25) is 0 Å². The second-order valence-electron chi connectivity index (χ2n) is 7.30. The molecule has 3 aliphatic rings. The summed E-state index contributed by atoms with van der Waals surface area (Å²) in [5.41, 5.74) is 3.42. The predicted octanol–water partition coefficient (Wildman–Crippen LogP) is 1.71. The van der Waals surface area contributed by atoms with Crippen molar-refractivity contribution in [2.24, 2.45) is 0 Å². The quantitative estimate of drug-likeness (QED) is 0.827. The van der Waals surface area contributed by atoms with Gasteiger partial charge in [0.25, 0.3) is 0 Å². The molecule has 0 amide bonds. The maximum absolute atomic E-state index is 5.51. The number of fused-ring (bicyclic) bond motifs is 1. The number of rotatable bonds is 4. The molecule has 5 rings (SSSR count).